The predicted octanol–water partition coefficient (Wildman–Crippen LogP) is 2.89. The molecule has 0 rings (SSSR count). The number of nitrogens with one attached hydrogen (secondary N) is 2. The monoisotopic (exact) mass is 417 g/mol. The standard InChI is InChI=1S/C20H39N3O4S/c1-10-28-12-11-14(13-21-18(26)27-20(5,6)7)16(24)22-15(19(2,3)4)17(25)23(8)9/h14-15H,10-13H2,1-9H3,(H,21,26)(H,22,24)/t14?,15-/m1/s1. The number of thioether (sulfide) groups is 1. The maximum Gasteiger partial charge on any atom is 0.407 e. The average molecular weight is 418 g/mol. The van der Waals surface area contributed by atoms with Crippen LogP contribution in [0.1, 0.15) is 54.9 Å². The zero-order valence-electron chi connectivity index (χ0n) is 19.0. The lowest BCUT2D eigenvalue weighted by atomic mass is 9.85. The predicted molar refractivity (Wildman–Crippen MR) is 115 cm³/mol. The lowest BCUT2D eigenvalue weighted by Gasteiger charge is -2.33. The van der Waals surface area contributed by atoms with Gasteiger partial charge < -0.3 is 20.3 Å². The normalized spacial score (nSPS) is 14.0. The highest BCUT2D eigenvalue weighted by atomic mass is 32.2. The molecule has 0 heterocycles. The zero-order chi connectivity index (χ0) is 22.1. The van der Waals surface area contributed by atoms with Crippen molar-refractivity contribution < 1.29 is 19.1 Å². The van der Waals surface area contributed by atoms with Crippen molar-refractivity contribution >= 4 is 29.7 Å². The van der Waals surface area contributed by atoms with Gasteiger partial charge in [0.1, 0.15) is 11.6 Å². The third kappa shape index (κ3) is 10.8. The van der Waals surface area contributed by atoms with E-state index in [0.717, 1.165) is 11.5 Å². The molecule has 0 saturated heterocycles. The van der Waals surface area contributed by atoms with Crippen LogP contribution in [0.5, 0.6) is 0 Å². The van der Waals surface area contributed by atoms with Crippen LogP contribution < -0.4 is 10.6 Å². The van der Waals surface area contributed by atoms with Gasteiger partial charge in [-0.05, 0) is 44.1 Å². The maximum absolute atomic E-state index is 12.9. The van der Waals surface area contributed by atoms with Gasteiger partial charge in [0.15, 0.2) is 0 Å². The van der Waals surface area contributed by atoms with Crippen molar-refractivity contribution in [2.75, 3.05) is 32.1 Å². The van der Waals surface area contributed by atoms with E-state index in [1.54, 1.807) is 46.6 Å². The second-order valence-corrected chi connectivity index (χ2v) is 10.5. The quantitative estimate of drug-likeness (QED) is 0.563. The number of likely N-dealkylation sites (N-methyl/N-ethyl adjacent to an activating group) is 1. The Kier molecular flexibility index (Phi) is 10.9. The van der Waals surface area contributed by atoms with E-state index in [-0.39, 0.29) is 18.4 Å². The minimum Gasteiger partial charge on any atom is -0.444 e. The minimum atomic E-state index is -0.641. The fourth-order valence-corrected chi connectivity index (χ4v) is 3.12. The Labute approximate surface area is 174 Å². The molecule has 1 unspecified atom stereocenters. The van der Waals surface area contributed by atoms with Crippen molar-refractivity contribution in [1.29, 1.82) is 0 Å². The van der Waals surface area contributed by atoms with Gasteiger partial charge in [-0.3, -0.25) is 9.59 Å². The Morgan fingerprint density at radius 3 is 2.07 bits per heavy atom. The Bertz CT molecular complexity index is 525. The highest BCUT2D eigenvalue weighted by molar-refractivity contribution is 7.99. The number of hydrogen-bond donors (Lipinski definition) is 2. The van der Waals surface area contributed by atoms with Crippen LogP contribution in [0.4, 0.5) is 4.79 Å². The van der Waals surface area contributed by atoms with Crippen LogP contribution in [-0.2, 0) is 14.3 Å². The van der Waals surface area contributed by atoms with E-state index < -0.39 is 29.1 Å². The molecule has 0 aliphatic heterocycles. The molecule has 7 nitrogen and oxygen atoms in total. The Balaban J connectivity index is 5.17. The first-order valence-corrected chi connectivity index (χ1v) is 10.9. The van der Waals surface area contributed by atoms with E-state index in [1.165, 1.54) is 4.90 Å². The van der Waals surface area contributed by atoms with Gasteiger partial charge in [0.05, 0.1) is 5.92 Å². The maximum atomic E-state index is 12.9. The second kappa shape index (κ2) is 11.5. The molecule has 0 aliphatic carbocycles. The molecule has 0 aromatic heterocycles. The van der Waals surface area contributed by atoms with E-state index >= 15 is 0 Å². The lowest BCUT2D eigenvalue weighted by Crippen LogP contribution is -2.55. The summed E-state index contributed by atoms with van der Waals surface area (Å²) in [4.78, 5) is 38.9. The van der Waals surface area contributed by atoms with Crippen LogP contribution in [0.2, 0.25) is 0 Å². The summed E-state index contributed by atoms with van der Waals surface area (Å²) in [6.07, 6.45) is 0.0536. The molecule has 0 aromatic rings. The Hall–Kier alpha value is -1.44. The molecule has 28 heavy (non-hydrogen) atoms. The van der Waals surface area contributed by atoms with Crippen LogP contribution >= 0.6 is 11.8 Å². The SMILES string of the molecule is CCSCCC(CNC(=O)OC(C)(C)C)C(=O)N[C@H](C(=O)N(C)C)C(C)(C)C. The smallest absolute Gasteiger partial charge is 0.407 e. The summed E-state index contributed by atoms with van der Waals surface area (Å²) >= 11 is 1.73. The van der Waals surface area contributed by atoms with Gasteiger partial charge in [0, 0.05) is 20.6 Å². The lowest BCUT2D eigenvalue weighted by molar-refractivity contribution is -0.138. The fourth-order valence-electron chi connectivity index (χ4n) is 2.38. The van der Waals surface area contributed by atoms with Gasteiger partial charge in [-0.25, -0.2) is 4.79 Å². The Morgan fingerprint density at radius 1 is 1.07 bits per heavy atom. The van der Waals surface area contributed by atoms with Crippen LogP contribution in [0, 0.1) is 11.3 Å². The molecular formula is C20H39N3O4S. The zero-order valence-corrected chi connectivity index (χ0v) is 19.8. The van der Waals surface area contributed by atoms with Crippen molar-refractivity contribution in [3.8, 4) is 0 Å². The van der Waals surface area contributed by atoms with Gasteiger partial charge in [-0.1, -0.05) is 27.7 Å². The fraction of sp³-hybridized carbons (Fsp3) is 0.850. The van der Waals surface area contributed by atoms with Gasteiger partial charge in [0.2, 0.25) is 11.8 Å². The molecule has 0 saturated carbocycles. The average Bonchev–Trinajstić information content (AvgIpc) is 2.52. The molecular weight excluding hydrogens is 378 g/mol. The van der Waals surface area contributed by atoms with Crippen LogP contribution in [0.25, 0.3) is 0 Å². The van der Waals surface area contributed by atoms with E-state index in [9.17, 15) is 14.4 Å². The van der Waals surface area contributed by atoms with E-state index in [4.69, 9.17) is 4.74 Å². The van der Waals surface area contributed by atoms with E-state index in [2.05, 4.69) is 17.6 Å². The number of ether oxygens (including phenoxy) is 1. The second-order valence-electron chi connectivity index (χ2n) is 9.11. The topological polar surface area (TPSA) is 87.7 Å². The molecule has 2 atom stereocenters. The van der Waals surface area contributed by atoms with Crippen LogP contribution in [-0.4, -0.2) is 66.6 Å². The first-order valence-electron chi connectivity index (χ1n) is 9.75. The summed E-state index contributed by atoms with van der Waals surface area (Å²) in [5.74, 6) is 0.932. The van der Waals surface area contributed by atoms with Gasteiger partial charge in [-0.2, -0.15) is 11.8 Å². The molecule has 164 valence electrons. The number of carbonyl (C=O) groups excluding carboxylic acids is 3. The van der Waals surface area contributed by atoms with Crippen molar-refractivity contribution in [3.05, 3.63) is 0 Å². The largest absolute Gasteiger partial charge is 0.444 e. The number of rotatable bonds is 9. The molecule has 0 radical (unpaired) electrons. The summed E-state index contributed by atoms with van der Waals surface area (Å²) in [6.45, 7) is 13.3. The number of alkyl carbamates (subject to hydrolysis) is 1. The highest BCUT2D eigenvalue weighted by Crippen LogP contribution is 2.22. The van der Waals surface area contributed by atoms with E-state index in [1.807, 2.05) is 20.8 Å². The summed E-state index contributed by atoms with van der Waals surface area (Å²) in [7, 11) is 3.35. The summed E-state index contributed by atoms with van der Waals surface area (Å²) in [5, 5.41) is 5.59. The van der Waals surface area contributed by atoms with Gasteiger partial charge in [-0.15, -0.1) is 0 Å². The van der Waals surface area contributed by atoms with Crippen LogP contribution in [0.15, 0.2) is 0 Å². The third-order valence-corrected chi connectivity index (χ3v) is 4.85. The van der Waals surface area contributed by atoms with Gasteiger partial charge in [0.25, 0.3) is 0 Å². The molecule has 0 aromatic carbocycles. The number of nitrogens with zero attached hydrogens (tertiary/aromatic N) is 1. The molecule has 0 fully saturated rings. The molecule has 2 N–H and O–H groups in total. The molecule has 8 heteroatoms. The molecule has 0 aliphatic rings. The van der Waals surface area contributed by atoms with Crippen molar-refractivity contribution in [1.82, 2.24) is 15.5 Å². The number of hydrogen-bond acceptors (Lipinski definition) is 5. The number of amides is 3. The summed E-state index contributed by atoms with van der Waals surface area (Å²) in [6, 6.07) is -0.641. The van der Waals surface area contributed by atoms with E-state index in [0.29, 0.717) is 6.42 Å². The first kappa shape index (κ1) is 26.6. The third-order valence-electron chi connectivity index (χ3n) is 3.92. The highest BCUT2D eigenvalue weighted by Gasteiger charge is 2.35. The minimum absolute atomic E-state index is 0.150. The van der Waals surface area contributed by atoms with Gasteiger partial charge >= 0.3 is 6.09 Å². The van der Waals surface area contributed by atoms with Crippen molar-refractivity contribution in [2.24, 2.45) is 11.3 Å². The summed E-state index contributed by atoms with van der Waals surface area (Å²) < 4.78 is 5.25. The Morgan fingerprint density at radius 2 is 1.64 bits per heavy atom. The summed E-state index contributed by atoms with van der Waals surface area (Å²) in [5.41, 5.74) is -1.03. The molecule has 3 amide bonds. The first-order chi connectivity index (χ1) is 12.7. The number of carbonyl (C=O) groups is 3. The molecule has 0 bridgehead atoms. The van der Waals surface area contributed by atoms with Crippen molar-refractivity contribution in [2.45, 2.75) is 66.5 Å². The molecule has 0 spiro atoms. The van der Waals surface area contributed by atoms with Crippen molar-refractivity contribution in [3.63, 3.8) is 0 Å². The van der Waals surface area contributed by atoms with Crippen LogP contribution in [0.3, 0.4) is 0 Å².